The summed E-state index contributed by atoms with van der Waals surface area (Å²) in [6.45, 7) is 3.56. The van der Waals surface area contributed by atoms with Crippen molar-refractivity contribution >= 4 is 5.84 Å². The highest BCUT2D eigenvalue weighted by Gasteiger charge is 1.93. The molecule has 18 heavy (non-hydrogen) atoms. The van der Waals surface area contributed by atoms with E-state index in [1.54, 1.807) is 0 Å². The van der Waals surface area contributed by atoms with Crippen molar-refractivity contribution in [2.75, 3.05) is 0 Å². The maximum atomic E-state index is 4.52. The van der Waals surface area contributed by atoms with E-state index < -0.39 is 0 Å². The van der Waals surface area contributed by atoms with Crippen LogP contribution in [0.2, 0.25) is 0 Å². The zero-order chi connectivity index (χ0) is 12.6. The molecule has 0 unspecified atom stereocenters. The first-order chi connectivity index (χ1) is 8.84. The number of nitrogens with one attached hydrogen (secondary N) is 1. The van der Waals surface area contributed by atoms with Gasteiger partial charge in [0, 0.05) is 6.54 Å². The largest absolute Gasteiger partial charge is 0.370 e. The van der Waals surface area contributed by atoms with Gasteiger partial charge in [-0.15, -0.1) is 0 Å². The van der Waals surface area contributed by atoms with E-state index in [0.29, 0.717) is 0 Å². The van der Waals surface area contributed by atoms with Crippen LogP contribution in [0.15, 0.2) is 65.7 Å². The quantitative estimate of drug-likeness (QED) is 0.640. The van der Waals surface area contributed by atoms with Gasteiger partial charge in [0.15, 0.2) is 0 Å². The van der Waals surface area contributed by atoms with Gasteiger partial charge in [-0.3, -0.25) is 4.99 Å². The van der Waals surface area contributed by atoms with Gasteiger partial charge in [0.05, 0.1) is 12.4 Å². The highest BCUT2D eigenvalue weighted by molar-refractivity contribution is 5.79. The molecule has 0 radical (unpaired) electrons. The average Bonchev–Trinajstić information content (AvgIpc) is 2.45. The van der Waals surface area contributed by atoms with Crippen LogP contribution in [0.4, 0.5) is 0 Å². The molecule has 0 heterocycles. The Morgan fingerprint density at radius 3 is 2.06 bits per heavy atom. The maximum Gasteiger partial charge on any atom is 0.0938 e. The van der Waals surface area contributed by atoms with Gasteiger partial charge in [-0.2, -0.15) is 0 Å². The summed E-state index contributed by atoms with van der Waals surface area (Å²) in [5.41, 5.74) is 2.50. The normalized spacial score (nSPS) is 11.3. The topological polar surface area (TPSA) is 24.4 Å². The molecule has 0 bridgehead atoms. The SMILES string of the molecule is CC(=NCc1ccccc1)NCc1ccccc1. The number of hydrogen-bond acceptors (Lipinski definition) is 1. The number of hydrogen-bond donors (Lipinski definition) is 1. The van der Waals surface area contributed by atoms with E-state index in [1.807, 2.05) is 43.3 Å². The summed E-state index contributed by atoms with van der Waals surface area (Å²) >= 11 is 0. The van der Waals surface area contributed by atoms with Gasteiger partial charge < -0.3 is 5.32 Å². The van der Waals surface area contributed by atoms with E-state index in [0.717, 1.165) is 18.9 Å². The van der Waals surface area contributed by atoms with Crippen molar-refractivity contribution in [1.82, 2.24) is 5.32 Å². The molecule has 0 aliphatic rings. The number of aliphatic imine (C=N–C) groups is 1. The van der Waals surface area contributed by atoms with Gasteiger partial charge in [0.1, 0.15) is 0 Å². The van der Waals surface area contributed by atoms with Crippen LogP contribution in [0.5, 0.6) is 0 Å². The molecular formula is C16H18N2. The Labute approximate surface area is 108 Å². The van der Waals surface area contributed by atoms with Gasteiger partial charge in [-0.25, -0.2) is 0 Å². The third-order valence-electron chi connectivity index (χ3n) is 2.73. The molecule has 0 fully saturated rings. The summed E-state index contributed by atoms with van der Waals surface area (Å²) in [5.74, 6) is 0.975. The van der Waals surface area contributed by atoms with Gasteiger partial charge in [0.2, 0.25) is 0 Å². The van der Waals surface area contributed by atoms with E-state index >= 15 is 0 Å². The monoisotopic (exact) mass is 238 g/mol. The predicted octanol–water partition coefficient (Wildman–Crippen LogP) is 3.39. The lowest BCUT2D eigenvalue weighted by molar-refractivity contribution is 0.890. The van der Waals surface area contributed by atoms with Crippen LogP contribution >= 0.6 is 0 Å². The third kappa shape index (κ3) is 4.06. The predicted molar refractivity (Wildman–Crippen MR) is 76.5 cm³/mol. The Balaban J connectivity index is 1.83. The molecule has 0 aliphatic carbocycles. The van der Waals surface area contributed by atoms with Crippen LogP contribution in [0.3, 0.4) is 0 Å². The summed E-state index contributed by atoms with van der Waals surface area (Å²) in [6, 6.07) is 20.6. The fourth-order valence-electron chi connectivity index (χ4n) is 1.68. The van der Waals surface area contributed by atoms with Crippen molar-refractivity contribution in [3.8, 4) is 0 Å². The number of nitrogens with zero attached hydrogens (tertiary/aromatic N) is 1. The standard InChI is InChI=1S/C16H18N2/c1-14(17-12-15-8-4-2-5-9-15)18-13-16-10-6-3-7-11-16/h2-11H,12-13H2,1H3,(H,17,18). The van der Waals surface area contributed by atoms with Crippen molar-refractivity contribution in [3.63, 3.8) is 0 Å². The van der Waals surface area contributed by atoms with Crippen molar-refractivity contribution in [3.05, 3.63) is 71.8 Å². The van der Waals surface area contributed by atoms with Crippen LogP contribution in [-0.2, 0) is 13.1 Å². The van der Waals surface area contributed by atoms with Crippen LogP contribution in [-0.4, -0.2) is 5.84 Å². The van der Waals surface area contributed by atoms with Crippen molar-refractivity contribution in [2.24, 2.45) is 4.99 Å². The van der Waals surface area contributed by atoms with Gasteiger partial charge >= 0.3 is 0 Å². The smallest absolute Gasteiger partial charge is 0.0938 e. The second kappa shape index (κ2) is 6.60. The van der Waals surface area contributed by atoms with Crippen molar-refractivity contribution < 1.29 is 0 Å². The van der Waals surface area contributed by atoms with Gasteiger partial charge in [0.25, 0.3) is 0 Å². The molecule has 2 nitrogen and oxygen atoms in total. The first-order valence-corrected chi connectivity index (χ1v) is 6.17. The molecule has 0 saturated carbocycles. The molecular weight excluding hydrogens is 220 g/mol. The highest BCUT2D eigenvalue weighted by atomic mass is 15.0. The lowest BCUT2D eigenvalue weighted by Gasteiger charge is -2.06. The summed E-state index contributed by atoms with van der Waals surface area (Å²) in [6.07, 6.45) is 0. The van der Waals surface area contributed by atoms with Crippen LogP contribution in [0.25, 0.3) is 0 Å². The van der Waals surface area contributed by atoms with Crippen LogP contribution < -0.4 is 5.32 Å². The Morgan fingerprint density at radius 1 is 0.889 bits per heavy atom. The summed E-state index contributed by atoms with van der Waals surface area (Å²) in [4.78, 5) is 4.52. The Morgan fingerprint density at radius 2 is 1.44 bits per heavy atom. The Hall–Kier alpha value is -2.09. The first kappa shape index (κ1) is 12.4. The lowest BCUT2D eigenvalue weighted by atomic mass is 10.2. The molecule has 2 aromatic carbocycles. The first-order valence-electron chi connectivity index (χ1n) is 6.17. The highest BCUT2D eigenvalue weighted by Crippen LogP contribution is 2.01. The molecule has 92 valence electrons. The summed E-state index contributed by atoms with van der Waals surface area (Å²) in [5, 5.41) is 3.32. The van der Waals surface area contributed by atoms with E-state index in [4.69, 9.17) is 0 Å². The van der Waals surface area contributed by atoms with E-state index in [2.05, 4.69) is 34.6 Å². The molecule has 2 aromatic rings. The van der Waals surface area contributed by atoms with Gasteiger partial charge in [-0.1, -0.05) is 60.7 Å². The number of amidine groups is 1. The van der Waals surface area contributed by atoms with Gasteiger partial charge in [-0.05, 0) is 18.1 Å². The van der Waals surface area contributed by atoms with E-state index in [9.17, 15) is 0 Å². The fraction of sp³-hybridized carbons (Fsp3) is 0.188. The summed E-state index contributed by atoms with van der Waals surface area (Å²) < 4.78 is 0. The van der Waals surface area contributed by atoms with E-state index in [1.165, 1.54) is 11.1 Å². The number of rotatable bonds is 4. The second-order valence-electron chi connectivity index (χ2n) is 4.23. The minimum Gasteiger partial charge on any atom is -0.370 e. The third-order valence-corrected chi connectivity index (χ3v) is 2.73. The van der Waals surface area contributed by atoms with Crippen molar-refractivity contribution in [2.45, 2.75) is 20.0 Å². The van der Waals surface area contributed by atoms with Crippen LogP contribution in [0.1, 0.15) is 18.1 Å². The molecule has 0 saturated heterocycles. The molecule has 2 heteroatoms. The molecule has 1 N–H and O–H groups in total. The minimum absolute atomic E-state index is 0.731. The minimum atomic E-state index is 0.731. The molecule has 0 aliphatic heterocycles. The zero-order valence-electron chi connectivity index (χ0n) is 10.6. The molecule has 0 aromatic heterocycles. The molecule has 0 atom stereocenters. The average molecular weight is 238 g/mol. The molecule has 0 spiro atoms. The lowest BCUT2D eigenvalue weighted by Crippen LogP contribution is -2.19. The summed E-state index contributed by atoms with van der Waals surface area (Å²) in [7, 11) is 0. The maximum absolute atomic E-state index is 4.52. The molecule has 2 rings (SSSR count). The number of benzene rings is 2. The Bertz CT molecular complexity index is 489. The fourth-order valence-corrected chi connectivity index (χ4v) is 1.68. The van der Waals surface area contributed by atoms with E-state index in [-0.39, 0.29) is 0 Å². The Kier molecular flexibility index (Phi) is 4.53. The van der Waals surface area contributed by atoms with Crippen molar-refractivity contribution in [1.29, 1.82) is 0 Å². The van der Waals surface area contributed by atoms with Crippen LogP contribution in [0, 0.1) is 0 Å². The molecule has 0 amide bonds. The second-order valence-corrected chi connectivity index (χ2v) is 4.23. The zero-order valence-corrected chi connectivity index (χ0v) is 10.6.